The standard InChI is InChI=1S/C12H9Cl2N3O2/c13-8-3-7(4-9(14)5-8)11-2-1-10(19-11)6-16-17-12(15)18/h1-6H,(H3,15,17,18)/b16-6+. The summed E-state index contributed by atoms with van der Waals surface area (Å²) in [6, 6.07) is 7.78. The summed E-state index contributed by atoms with van der Waals surface area (Å²) in [6.45, 7) is 0. The minimum absolute atomic E-state index is 0.458. The molecule has 2 amide bonds. The molecule has 19 heavy (non-hydrogen) atoms. The number of hydrazone groups is 1. The van der Waals surface area contributed by atoms with E-state index < -0.39 is 6.03 Å². The lowest BCUT2D eigenvalue weighted by molar-refractivity contribution is 0.249. The number of primary amides is 1. The van der Waals surface area contributed by atoms with Gasteiger partial charge in [-0.2, -0.15) is 5.10 Å². The molecule has 0 atom stereocenters. The van der Waals surface area contributed by atoms with E-state index in [4.69, 9.17) is 33.4 Å². The van der Waals surface area contributed by atoms with Gasteiger partial charge < -0.3 is 10.2 Å². The normalized spacial score (nSPS) is 10.8. The molecule has 1 aromatic carbocycles. The second-order valence-corrected chi connectivity index (χ2v) is 4.47. The Bertz CT molecular complexity index is 617. The third-order valence-electron chi connectivity index (χ3n) is 2.14. The number of benzene rings is 1. The van der Waals surface area contributed by atoms with Crippen molar-refractivity contribution in [2.45, 2.75) is 0 Å². The predicted octanol–water partition coefficient (Wildman–Crippen LogP) is 3.26. The molecule has 0 unspecified atom stereocenters. The number of nitrogens with two attached hydrogens (primary N) is 1. The largest absolute Gasteiger partial charge is 0.455 e. The van der Waals surface area contributed by atoms with Crippen LogP contribution in [0.1, 0.15) is 5.76 Å². The van der Waals surface area contributed by atoms with Gasteiger partial charge in [0.15, 0.2) is 0 Å². The summed E-state index contributed by atoms with van der Waals surface area (Å²) in [4.78, 5) is 10.4. The van der Waals surface area contributed by atoms with Crippen LogP contribution in [0.5, 0.6) is 0 Å². The molecule has 0 fully saturated rings. The molecular formula is C12H9Cl2N3O2. The number of rotatable bonds is 3. The highest BCUT2D eigenvalue weighted by atomic mass is 35.5. The first kappa shape index (κ1) is 13.5. The quantitative estimate of drug-likeness (QED) is 0.673. The van der Waals surface area contributed by atoms with Gasteiger partial charge in [-0.3, -0.25) is 0 Å². The van der Waals surface area contributed by atoms with Gasteiger partial charge in [0.05, 0.1) is 6.21 Å². The highest BCUT2D eigenvalue weighted by molar-refractivity contribution is 6.35. The maximum atomic E-state index is 10.4. The molecule has 2 rings (SSSR count). The van der Waals surface area contributed by atoms with Crippen LogP contribution >= 0.6 is 23.2 Å². The van der Waals surface area contributed by atoms with Crippen molar-refractivity contribution < 1.29 is 9.21 Å². The molecule has 0 bridgehead atoms. The molecular weight excluding hydrogens is 289 g/mol. The van der Waals surface area contributed by atoms with Crippen LogP contribution in [0.15, 0.2) is 39.9 Å². The van der Waals surface area contributed by atoms with Crippen molar-refractivity contribution >= 4 is 35.4 Å². The Hall–Kier alpha value is -1.98. The maximum Gasteiger partial charge on any atom is 0.332 e. The average Bonchev–Trinajstić information content (AvgIpc) is 2.76. The van der Waals surface area contributed by atoms with Gasteiger partial charge in [0.25, 0.3) is 0 Å². The molecule has 0 saturated heterocycles. The molecule has 0 spiro atoms. The van der Waals surface area contributed by atoms with E-state index in [0.29, 0.717) is 21.6 Å². The van der Waals surface area contributed by atoms with Crippen LogP contribution in [0.25, 0.3) is 11.3 Å². The van der Waals surface area contributed by atoms with Crippen molar-refractivity contribution in [2.75, 3.05) is 0 Å². The number of furan rings is 1. The molecule has 98 valence electrons. The number of hydrogen-bond donors (Lipinski definition) is 2. The smallest absolute Gasteiger partial charge is 0.332 e. The fourth-order valence-electron chi connectivity index (χ4n) is 1.43. The zero-order valence-corrected chi connectivity index (χ0v) is 11.1. The van der Waals surface area contributed by atoms with Gasteiger partial charge in [-0.25, -0.2) is 10.2 Å². The third-order valence-corrected chi connectivity index (χ3v) is 2.58. The topological polar surface area (TPSA) is 80.6 Å². The predicted molar refractivity (Wildman–Crippen MR) is 74.5 cm³/mol. The number of nitrogens with one attached hydrogen (secondary N) is 1. The second kappa shape index (κ2) is 5.77. The van der Waals surface area contributed by atoms with Gasteiger partial charge in [-0.1, -0.05) is 23.2 Å². The number of urea groups is 1. The van der Waals surface area contributed by atoms with E-state index in [1.807, 2.05) is 0 Å². The molecule has 0 aliphatic carbocycles. The van der Waals surface area contributed by atoms with Crippen molar-refractivity contribution in [1.29, 1.82) is 0 Å². The first-order valence-corrected chi connectivity index (χ1v) is 5.95. The van der Waals surface area contributed by atoms with Crippen LogP contribution in [-0.2, 0) is 0 Å². The summed E-state index contributed by atoms with van der Waals surface area (Å²) in [5, 5.41) is 4.62. The van der Waals surface area contributed by atoms with Gasteiger partial charge in [0.2, 0.25) is 0 Å². The van der Waals surface area contributed by atoms with Crippen LogP contribution in [0.2, 0.25) is 10.0 Å². The number of carbonyl (C=O) groups excluding carboxylic acids is 1. The Morgan fingerprint density at radius 1 is 1.26 bits per heavy atom. The van der Waals surface area contributed by atoms with Gasteiger partial charge in [-0.05, 0) is 30.3 Å². The van der Waals surface area contributed by atoms with Crippen molar-refractivity contribution in [3.63, 3.8) is 0 Å². The van der Waals surface area contributed by atoms with Crippen LogP contribution in [0.3, 0.4) is 0 Å². The molecule has 0 saturated carbocycles. The van der Waals surface area contributed by atoms with Gasteiger partial charge >= 0.3 is 6.03 Å². The number of amides is 2. The Kier molecular flexibility index (Phi) is 4.09. The van der Waals surface area contributed by atoms with Gasteiger partial charge in [-0.15, -0.1) is 0 Å². The Morgan fingerprint density at radius 3 is 2.58 bits per heavy atom. The monoisotopic (exact) mass is 297 g/mol. The maximum absolute atomic E-state index is 10.4. The summed E-state index contributed by atoms with van der Waals surface area (Å²) in [5.74, 6) is 1.05. The van der Waals surface area contributed by atoms with E-state index in [2.05, 4.69) is 10.5 Å². The highest BCUT2D eigenvalue weighted by Crippen LogP contribution is 2.28. The van der Waals surface area contributed by atoms with Crippen LogP contribution in [0, 0.1) is 0 Å². The molecule has 0 radical (unpaired) electrons. The molecule has 5 nitrogen and oxygen atoms in total. The van der Waals surface area contributed by atoms with Crippen LogP contribution < -0.4 is 11.2 Å². The van der Waals surface area contributed by atoms with E-state index in [9.17, 15) is 4.79 Å². The Morgan fingerprint density at radius 2 is 1.95 bits per heavy atom. The zero-order valence-electron chi connectivity index (χ0n) is 9.56. The fraction of sp³-hybridized carbons (Fsp3) is 0. The molecule has 1 aromatic heterocycles. The zero-order chi connectivity index (χ0) is 13.8. The van der Waals surface area contributed by atoms with Crippen molar-refractivity contribution in [1.82, 2.24) is 5.43 Å². The summed E-state index contributed by atoms with van der Waals surface area (Å²) < 4.78 is 5.50. The van der Waals surface area contributed by atoms with E-state index in [-0.39, 0.29) is 0 Å². The first-order valence-electron chi connectivity index (χ1n) is 5.19. The minimum Gasteiger partial charge on any atom is -0.455 e. The molecule has 0 aliphatic rings. The van der Waals surface area contributed by atoms with E-state index >= 15 is 0 Å². The van der Waals surface area contributed by atoms with Crippen molar-refractivity contribution in [2.24, 2.45) is 10.8 Å². The number of halogens is 2. The van der Waals surface area contributed by atoms with Crippen LogP contribution in [-0.4, -0.2) is 12.2 Å². The molecule has 7 heteroatoms. The van der Waals surface area contributed by atoms with E-state index in [1.165, 1.54) is 6.21 Å². The molecule has 3 N–H and O–H groups in total. The van der Waals surface area contributed by atoms with Crippen LogP contribution in [0.4, 0.5) is 4.79 Å². The number of nitrogens with zero attached hydrogens (tertiary/aromatic N) is 1. The fourth-order valence-corrected chi connectivity index (χ4v) is 1.96. The Labute approximate surface area is 119 Å². The summed E-state index contributed by atoms with van der Waals surface area (Å²) in [5.41, 5.74) is 7.68. The second-order valence-electron chi connectivity index (χ2n) is 3.59. The van der Waals surface area contributed by atoms with E-state index in [1.54, 1.807) is 30.3 Å². The van der Waals surface area contributed by atoms with Crippen molar-refractivity contribution in [3.8, 4) is 11.3 Å². The third kappa shape index (κ3) is 3.74. The molecule has 0 aliphatic heterocycles. The lowest BCUT2D eigenvalue weighted by Crippen LogP contribution is -2.24. The van der Waals surface area contributed by atoms with Crippen molar-refractivity contribution in [3.05, 3.63) is 46.1 Å². The minimum atomic E-state index is -0.746. The Balaban J connectivity index is 2.20. The van der Waals surface area contributed by atoms with Gasteiger partial charge in [0.1, 0.15) is 11.5 Å². The number of carbonyl (C=O) groups is 1. The van der Waals surface area contributed by atoms with E-state index in [0.717, 1.165) is 5.56 Å². The lowest BCUT2D eigenvalue weighted by atomic mass is 10.2. The SMILES string of the molecule is NC(=O)N/N=C/c1ccc(-c2cc(Cl)cc(Cl)c2)o1. The summed E-state index contributed by atoms with van der Waals surface area (Å²) in [6.07, 6.45) is 1.33. The molecule has 2 aromatic rings. The highest BCUT2D eigenvalue weighted by Gasteiger charge is 2.06. The molecule has 1 heterocycles. The summed E-state index contributed by atoms with van der Waals surface area (Å²) >= 11 is 11.8. The number of hydrogen-bond acceptors (Lipinski definition) is 3. The average molecular weight is 298 g/mol. The first-order chi connectivity index (χ1) is 9.04. The lowest BCUT2D eigenvalue weighted by Gasteiger charge is -1.99. The van der Waals surface area contributed by atoms with Gasteiger partial charge in [0, 0.05) is 15.6 Å². The summed E-state index contributed by atoms with van der Waals surface area (Å²) in [7, 11) is 0.